The summed E-state index contributed by atoms with van der Waals surface area (Å²) in [6.45, 7) is 10.3. The van der Waals surface area contributed by atoms with Gasteiger partial charge in [-0.05, 0) is 26.2 Å². The van der Waals surface area contributed by atoms with E-state index < -0.39 is 0 Å². The fraction of sp³-hybridized carbons (Fsp3) is 0.714. The number of hydrogen-bond acceptors (Lipinski definition) is 2. The standard InChI is InChI=1S/C14H25N5/c1-4-16-14(17-5-2)18-8-6-12(3)13(10-18)19-9-7-15-11-19/h7,9,11-13H,4-6,8,10H2,1-3H3,(H,16,17). The van der Waals surface area contributed by atoms with Crippen LogP contribution >= 0.6 is 0 Å². The Hall–Kier alpha value is -1.52. The Bertz CT molecular complexity index is 398. The van der Waals surface area contributed by atoms with E-state index in [0.717, 1.165) is 32.1 Å². The van der Waals surface area contributed by atoms with Gasteiger partial charge >= 0.3 is 0 Å². The molecule has 0 amide bonds. The highest BCUT2D eigenvalue weighted by Gasteiger charge is 2.28. The molecular formula is C14H25N5. The number of nitrogens with one attached hydrogen (secondary N) is 1. The largest absolute Gasteiger partial charge is 0.357 e. The third kappa shape index (κ3) is 3.28. The molecule has 1 aliphatic rings. The van der Waals surface area contributed by atoms with Crippen molar-refractivity contribution in [2.45, 2.75) is 33.2 Å². The predicted molar refractivity (Wildman–Crippen MR) is 78.3 cm³/mol. The zero-order valence-electron chi connectivity index (χ0n) is 12.2. The van der Waals surface area contributed by atoms with Crippen LogP contribution in [0.15, 0.2) is 23.7 Å². The molecule has 0 spiro atoms. The van der Waals surface area contributed by atoms with Crippen LogP contribution in [0.5, 0.6) is 0 Å². The van der Waals surface area contributed by atoms with E-state index in [1.807, 2.05) is 12.5 Å². The monoisotopic (exact) mass is 263 g/mol. The summed E-state index contributed by atoms with van der Waals surface area (Å²) in [6.07, 6.45) is 7.04. The molecule has 1 N–H and O–H groups in total. The topological polar surface area (TPSA) is 45.5 Å². The molecule has 5 heteroatoms. The first-order valence-corrected chi connectivity index (χ1v) is 7.27. The fourth-order valence-corrected chi connectivity index (χ4v) is 2.67. The van der Waals surface area contributed by atoms with E-state index in [4.69, 9.17) is 0 Å². The molecule has 1 fully saturated rings. The molecule has 0 bridgehead atoms. The molecule has 0 aromatic carbocycles. The Balaban J connectivity index is 2.10. The van der Waals surface area contributed by atoms with E-state index in [2.05, 4.69) is 51.7 Å². The second-order valence-electron chi connectivity index (χ2n) is 5.12. The van der Waals surface area contributed by atoms with Crippen molar-refractivity contribution >= 4 is 5.96 Å². The smallest absolute Gasteiger partial charge is 0.193 e. The van der Waals surface area contributed by atoms with Crippen molar-refractivity contribution in [1.29, 1.82) is 0 Å². The van der Waals surface area contributed by atoms with Crippen molar-refractivity contribution in [3.63, 3.8) is 0 Å². The third-order valence-electron chi connectivity index (χ3n) is 3.77. The normalized spacial score (nSPS) is 24.6. The highest BCUT2D eigenvalue weighted by Crippen LogP contribution is 2.27. The van der Waals surface area contributed by atoms with E-state index in [9.17, 15) is 0 Å². The second-order valence-corrected chi connectivity index (χ2v) is 5.12. The Labute approximate surface area is 115 Å². The first-order chi connectivity index (χ1) is 9.26. The molecule has 5 nitrogen and oxygen atoms in total. The molecule has 2 unspecified atom stereocenters. The Kier molecular flexibility index (Phi) is 4.82. The molecule has 0 saturated carbocycles. The number of likely N-dealkylation sites (tertiary alicyclic amines) is 1. The van der Waals surface area contributed by atoms with Crippen molar-refractivity contribution in [2.24, 2.45) is 10.9 Å². The van der Waals surface area contributed by atoms with Crippen LogP contribution in [0, 0.1) is 5.92 Å². The molecule has 0 aliphatic carbocycles. The van der Waals surface area contributed by atoms with Gasteiger partial charge in [0.05, 0.1) is 12.4 Å². The molecule has 1 aromatic rings. The molecule has 1 aromatic heterocycles. The van der Waals surface area contributed by atoms with Gasteiger partial charge in [0.25, 0.3) is 0 Å². The third-order valence-corrected chi connectivity index (χ3v) is 3.77. The van der Waals surface area contributed by atoms with Crippen molar-refractivity contribution in [1.82, 2.24) is 19.8 Å². The summed E-state index contributed by atoms with van der Waals surface area (Å²) in [6, 6.07) is 0.483. The summed E-state index contributed by atoms with van der Waals surface area (Å²) in [5.74, 6) is 1.72. The predicted octanol–water partition coefficient (Wildman–Crippen LogP) is 1.75. The van der Waals surface area contributed by atoms with Gasteiger partial charge in [-0.25, -0.2) is 4.98 Å². The van der Waals surface area contributed by atoms with Crippen LogP contribution in [0.1, 0.15) is 33.2 Å². The molecule has 2 atom stereocenters. The quantitative estimate of drug-likeness (QED) is 0.667. The van der Waals surface area contributed by atoms with Gasteiger partial charge in [-0.3, -0.25) is 4.99 Å². The zero-order chi connectivity index (χ0) is 13.7. The van der Waals surface area contributed by atoms with Gasteiger partial charge < -0.3 is 14.8 Å². The lowest BCUT2D eigenvalue weighted by Crippen LogP contribution is -2.49. The van der Waals surface area contributed by atoms with Gasteiger partial charge in [0, 0.05) is 38.6 Å². The van der Waals surface area contributed by atoms with Crippen LogP contribution in [0.2, 0.25) is 0 Å². The van der Waals surface area contributed by atoms with Gasteiger partial charge in [-0.15, -0.1) is 0 Å². The van der Waals surface area contributed by atoms with Crippen molar-refractivity contribution in [3.05, 3.63) is 18.7 Å². The van der Waals surface area contributed by atoms with E-state index in [-0.39, 0.29) is 0 Å². The molecule has 19 heavy (non-hydrogen) atoms. The molecular weight excluding hydrogens is 238 g/mol. The van der Waals surface area contributed by atoms with Gasteiger partial charge in [-0.1, -0.05) is 6.92 Å². The highest BCUT2D eigenvalue weighted by molar-refractivity contribution is 5.80. The van der Waals surface area contributed by atoms with Crippen LogP contribution < -0.4 is 5.32 Å². The summed E-state index contributed by atoms with van der Waals surface area (Å²) in [4.78, 5) is 11.1. The summed E-state index contributed by atoms with van der Waals surface area (Å²) in [5.41, 5.74) is 0. The average molecular weight is 263 g/mol. The van der Waals surface area contributed by atoms with Crippen molar-refractivity contribution < 1.29 is 0 Å². The number of piperidine rings is 1. The van der Waals surface area contributed by atoms with Gasteiger partial charge in [-0.2, -0.15) is 0 Å². The van der Waals surface area contributed by atoms with Crippen LogP contribution in [0.3, 0.4) is 0 Å². The number of guanidine groups is 1. The minimum Gasteiger partial charge on any atom is -0.357 e. The number of rotatable bonds is 3. The van der Waals surface area contributed by atoms with Crippen LogP contribution in [0.25, 0.3) is 0 Å². The van der Waals surface area contributed by atoms with E-state index >= 15 is 0 Å². The SMILES string of the molecule is CCN=C(NCC)N1CCC(C)C(n2ccnc2)C1. The summed E-state index contributed by atoms with van der Waals surface area (Å²) >= 11 is 0. The molecule has 2 heterocycles. The van der Waals surface area contributed by atoms with E-state index in [0.29, 0.717) is 12.0 Å². The average Bonchev–Trinajstić information content (AvgIpc) is 2.93. The van der Waals surface area contributed by atoms with E-state index in [1.165, 1.54) is 6.42 Å². The summed E-state index contributed by atoms with van der Waals surface area (Å²) in [5, 5.41) is 3.38. The Morgan fingerprint density at radius 2 is 2.32 bits per heavy atom. The number of aromatic nitrogens is 2. The lowest BCUT2D eigenvalue weighted by atomic mass is 9.93. The van der Waals surface area contributed by atoms with Crippen LogP contribution in [-0.4, -0.2) is 46.6 Å². The lowest BCUT2D eigenvalue weighted by molar-refractivity contribution is 0.189. The Morgan fingerprint density at radius 3 is 2.95 bits per heavy atom. The maximum Gasteiger partial charge on any atom is 0.193 e. The van der Waals surface area contributed by atoms with Gasteiger partial charge in [0.2, 0.25) is 0 Å². The first kappa shape index (κ1) is 13.9. The molecule has 2 rings (SSSR count). The van der Waals surface area contributed by atoms with Crippen LogP contribution in [0.4, 0.5) is 0 Å². The minimum atomic E-state index is 0.483. The molecule has 0 radical (unpaired) electrons. The molecule has 106 valence electrons. The zero-order valence-corrected chi connectivity index (χ0v) is 12.2. The van der Waals surface area contributed by atoms with Gasteiger partial charge in [0.1, 0.15) is 0 Å². The Morgan fingerprint density at radius 1 is 1.47 bits per heavy atom. The molecule has 1 saturated heterocycles. The first-order valence-electron chi connectivity index (χ1n) is 7.27. The number of hydrogen-bond donors (Lipinski definition) is 1. The maximum absolute atomic E-state index is 4.58. The van der Waals surface area contributed by atoms with Crippen molar-refractivity contribution in [3.8, 4) is 0 Å². The maximum atomic E-state index is 4.58. The fourth-order valence-electron chi connectivity index (χ4n) is 2.67. The summed E-state index contributed by atoms with van der Waals surface area (Å²) in [7, 11) is 0. The number of imidazole rings is 1. The minimum absolute atomic E-state index is 0.483. The van der Waals surface area contributed by atoms with E-state index in [1.54, 1.807) is 0 Å². The number of nitrogens with zero attached hydrogens (tertiary/aromatic N) is 4. The highest BCUT2D eigenvalue weighted by atomic mass is 15.3. The molecule has 1 aliphatic heterocycles. The summed E-state index contributed by atoms with van der Waals surface area (Å²) < 4.78 is 2.23. The second kappa shape index (κ2) is 6.59. The lowest BCUT2D eigenvalue weighted by Gasteiger charge is -2.39. The number of aliphatic imine (C=N–C) groups is 1. The van der Waals surface area contributed by atoms with Crippen molar-refractivity contribution in [2.75, 3.05) is 26.2 Å². The van der Waals surface area contributed by atoms with Crippen LogP contribution in [-0.2, 0) is 0 Å². The van der Waals surface area contributed by atoms with Gasteiger partial charge in [0.15, 0.2) is 5.96 Å².